The molecule has 0 aromatic carbocycles. The number of rotatable bonds is 7. The van der Waals surface area contributed by atoms with Crippen molar-refractivity contribution in [1.82, 2.24) is 9.97 Å². The number of anilines is 1. The van der Waals surface area contributed by atoms with Gasteiger partial charge in [-0.15, -0.1) is 0 Å². The molecule has 1 atom stereocenters. The Kier molecular flexibility index (Phi) is 5.55. The third-order valence-electron chi connectivity index (χ3n) is 2.68. The van der Waals surface area contributed by atoms with Crippen LogP contribution in [0.5, 0.6) is 0 Å². The lowest BCUT2D eigenvalue weighted by Crippen LogP contribution is -2.16. The molecular weight excluding hydrogens is 230 g/mol. The van der Waals surface area contributed by atoms with Crippen molar-refractivity contribution < 1.29 is 9.90 Å². The number of nitrogens with one attached hydrogen (secondary N) is 1. The Morgan fingerprint density at radius 2 is 2.00 bits per heavy atom. The molecule has 5 nitrogen and oxygen atoms in total. The standard InChI is InChI=1S/C13H21N3O2/c1-9(2)5-4-6-10(3)16-12-8-14-11(7-15-12)13(17)18/h7-10H,4-6H2,1-3H3,(H,15,16)(H,17,18). The van der Waals surface area contributed by atoms with E-state index in [9.17, 15) is 4.79 Å². The van der Waals surface area contributed by atoms with Crippen LogP contribution in [0.25, 0.3) is 0 Å². The Balaban J connectivity index is 2.39. The lowest BCUT2D eigenvalue weighted by molar-refractivity contribution is 0.0690. The van der Waals surface area contributed by atoms with E-state index in [1.165, 1.54) is 25.2 Å². The van der Waals surface area contributed by atoms with Crippen LogP contribution in [-0.2, 0) is 0 Å². The maximum Gasteiger partial charge on any atom is 0.356 e. The van der Waals surface area contributed by atoms with E-state index >= 15 is 0 Å². The van der Waals surface area contributed by atoms with Crippen molar-refractivity contribution in [2.24, 2.45) is 5.92 Å². The van der Waals surface area contributed by atoms with Gasteiger partial charge in [-0.25, -0.2) is 14.8 Å². The van der Waals surface area contributed by atoms with E-state index in [1.54, 1.807) is 0 Å². The number of carboxylic acids is 1. The molecule has 100 valence electrons. The Morgan fingerprint density at radius 3 is 2.50 bits per heavy atom. The number of carbonyl (C=O) groups is 1. The molecule has 5 heteroatoms. The minimum absolute atomic E-state index is 0.0342. The summed E-state index contributed by atoms with van der Waals surface area (Å²) in [5.41, 5.74) is -0.0342. The van der Waals surface area contributed by atoms with E-state index in [0.29, 0.717) is 11.9 Å². The maximum atomic E-state index is 10.6. The fraction of sp³-hybridized carbons (Fsp3) is 0.615. The molecule has 0 fully saturated rings. The second-order valence-electron chi connectivity index (χ2n) is 4.96. The summed E-state index contributed by atoms with van der Waals surface area (Å²) in [5.74, 6) is 0.294. The minimum atomic E-state index is -1.06. The van der Waals surface area contributed by atoms with Crippen LogP contribution in [0.3, 0.4) is 0 Å². The van der Waals surface area contributed by atoms with Crippen LogP contribution in [0.4, 0.5) is 5.82 Å². The molecular formula is C13H21N3O2. The van der Waals surface area contributed by atoms with Crippen molar-refractivity contribution in [3.8, 4) is 0 Å². The summed E-state index contributed by atoms with van der Waals surface area (Å²) in [5, 5.41) is 11.9. The van der Waals surface area contributed by atoms with E-state index in [1.807, 2.05) is 0 Å². The van der Waals surface area contributed by atoms with Crippen molar-refractivity contribution in [3.05, 3.63) is 18.1 Å². The largest absolute Gasteiger partial charge is 0.476 e. The van der Waals surface area contributed by atoms with Gasteiger partial charge in [0.05, 0.1) is 12.4 Å². The third-order valence-corrected chi connectivity index (χ3v) is 2.68. The van der Waals surface area contributed by atoms with Gasteiger partial charge in [0.2, 0.25) is 0 Å². The van der Waals surface area contributed by atoms with Crippen LogP contribution in [0.2, 0.25) is 0 Å². The predicted octanol–water partition coefficient (Wildman–Crippen LogP) is 2.80. The second-order valence-corrected chi connectivity index (χ2v) is 4.96. The van der Waals surface area contributed by atoms with Crippen LogP contribution in [0.1, 0.15) is 50.5 Å². The molecule has 1 aromatic rings. The smallest absolute Gasteiger partial charge is 0.356 e. The fourth-order valence-corrected chi connectivity index (χ4v) is 1.67. The summed E-state index contributed by atoms with van der Waals surface area (Å²) in [6, 6.07) is 0.314. The van der Waals surface area contributed by atoms with Gasteiger partial charge in [-0.1, -0.05) is 26.7 Å². The van der Waals surface area contributed by atoms with Gasteiger partial charge in [0.15, 0.2) is 5.69 Å². The van der Waals surface area contributed by atoms with Gasteiger partial charge < -0.3 is 10.4 Å². The quantitative estimate of drug-likeness (QED) is 0.779. The number of nitrogens with zero attached hydrogens (tertiary/aromatic N) is 2. The SMILES string of the molecule is CC(C)CCCC(C)Nc1cnc(C(=O)O)cn1. The Hall–Kier alpha value is -1.65. The Morgan fingerprint density at radius 1 is 1.28 bits per heavy atom. The van der Waals surface area contributed by atoms with Gasteiger partial charge >= 0.3 is 5.97 Å². The molecule has 0 spiro atoms. The first-order valence-corrected chi connectivity index (χ1v) is 6.31. The topological polar surface area (TPSA) is 75.1 Å². The molecule has 0 aliphatic carbocycles. The van der Waals surface area contributed by atoms with E-state index in [2.05, 4.69) is 36.1 Å². The number of aromatic nitrogens is 2. The normalized spacial score (nSPS) is 12.4. The molecule has 1 aromatic heterocycles. The molecule has 0 aliphatic rings. The molecule has 0 amide bonds. The summed E-state index contributed by atoms with van der Waals surface area (Å²) in [7, 11) is 0. The van der Waals surface area contributed by atoms with E-state index < -0.39 is 5.97 Å². The third kappa shape index (κ3) is 5.12. The molecule has 0 aliphatic heterocycles. The lowest BCUT2D eigenvalue weighted by atomic mass is 10.0. The van der Waals surface area contributed by atoms with Gasteiger partial charge in [-0.3, -0.25) is 0 Å². The number of aromatic carboxylic acids is 1. The van der Waals surface area contributed by atoms with Crippen LogP contribution in [0.15, 0.2) is 12.4 Å². The van der Waals surface area contributed by atoms with Gasteiger partial charge in [0, 0.05) is 6.04 Å². The zero-order chi connectivity index (χ0) is 13.5. The molecule has 1 rings (SSSR count). The predicted molar refractivity (Wildman–Crippen MR) is 70.8 cm³/mol. The van der Waals surface area contributed by atoms with E-state index in [-0.39, 0.29) is 5.69 Å². The van der Waals surface area contributed by atoms with Crippen molar-refractivity contribution in [2.75, 3.05) is 5.32 Å². The zero-order valence-electron chi connectivity index (χ0n) is 11.2. The number of hydrogen-bond donors (Lipinski definition) is 2. The molecule has 2 N–H and O–H groups in total. The van der Waals surface area contributed by atoms with Gasteiger partial charge in [-0.05, 0) is 19.3 Å². The molecule has 18 heavy (non-hydrogen) atoms. The lowest BCUT2D eigenvalue weighted by Gasteiger charge is -2.14. The molecule has 0 radical (unpaired) electrons. The highest BCUT2D eigenvalue weighted by atomic mass is 16.4. The summed E-state index contributed by atoms with van der Waals surface area (Å²) >= 11 is 0. The van der Waals surface area contributed by atoms with Crippen LogP contribution in [-0.4, -0.2) is 27.1 Å². The first-order chi connectivity index (χ1) is 8.49. The van der Waals surface area contributed by atoms with Gasteiger partial charge in [-0.2, -0.15) is 0 Å². The first-order valence-electron chi connectivity index (χ1n) is 6.31. The van der Waals surface area contributed by atoms with Crippen molar-refractivity contribution >= 4 is 11.8 Å². The van der Waals surface area contributed by atoms with E-state index in [0.717, 1.165) is 12.3 Å². The maximum absolute atomic E-state index is 10.6. The average molecular weight is 251 g/mol. The summed E-state index contributed by atoms with van der Waals surface area (Å²) in [4.78, 5) is 18.5. The summed E-state index contributed by atoms with van der Waals surface area (Å²) in [6.07, 6.45) is 6.19. The highest BCUT2D eigenvalue weighted by Crippen LogP contribution is 2.11. The molecule has 1 heterocycles. The molecule has 1 unspecified atom stereocenters. The van der Waals surface area contributed by atoms with Crippen molar-refractivity contribution in [3.63, 3.8) is 0 Å². The molecule has 0 saturated heterocycles. The Bertz CT molecular complexity index is 376. The van der Waals surface area contributed by atoms with Crippen molar-refractivity contribution in [1.29, 1.82) is 0 Å². The highest BCUT2D eigenvalue weighted by molar-refractivity contribution is 5.84. The average Bonchev–Trinajstić information content (AvgIpc) is 2.29. The zero-order valence-corrected chi connectivity index (χ0v) is 11.2. The van der Waals surface area contributed by atoms with Crippen molar-refractivity contribution in [2.45, 2.75) is 46.1 Å². The van der Waals surface area contributed by atoms with Crippen LogP contribution >= 0.6 is 0 Å². The van der Waals surface area contributed by atoms with Crippen LogP contribution in [0, 0.1) is 5.92 Å². The monoisotopic (exact) mass is 251 g/mol. The number of carboxylic acid groups (broad SMARTS) is 1. The molecule has 0 saturated carbocycles. The number of hydrogen-bond acceptors (Lipinski definition) is 4. The molecule has 0 bridgehead atoms. The fourth-order valence-electron chi connectivity index (χ4n) is 1.67. The highest BCUT2D eigenvalue weighted by Gasteiger charge is 2.07. The Labute approximate surface area is 108 Å². The second kappa shape index (κ2) is 6.93. The van der Waals surface area contributed by atoms with Crippen LogP contribution < -0.4 is 5.32 Å². The minimum Gasteiger partial charge on any atom is -0.476 e. The first kappa shape index (κ1) is 14.4. The van der Waals surface area contributed by atoms with E-state index in [4.69, 9.17) is 5.11 Å². The summed E-state index contributed by atoms with van der Waals surface area (Å²) < 4.78 is 0. The summed E-state index contributed by atoms with van der Waals surface area (Å²) in [6.45, 7) is 6.52. The van der Waals surface area contributed by atoms with Gasteiger partial charge in [0.25, 0.3) is 0 Å². The van der Waals surface area contributed by atoms with Gasteiger partial charge in [0.1, 0.15) is 5.82 Å².